The third kappa shape index (κ3) is 8.42. The number of rotatable bonds is 12. The molecular formula is C34H41ClFN7O3S. The van der Waals surface area contributed by atoms with Crippen LogP contribution >= 0.6 is 23.4 Å². The first-order chi connectivity index (χ1) is 22.5. The molecule has 2 aromatic heterocycles. The number of nitrogens with one attached hydrogen (secondary N) is 2. The number of ether oxygens (including phenoxy) is 1. The lowest BCUT2D eigenvalue weighted by Crippen LogP contribution is -2.45. The lowest BCUT2D eigenvalue weighted by atomic mass is 9.89. The van der Waals surface area contributed by atoms with Crippen molar-refractivity contribution in [2.24, 2.45) is 11.5 Å². The Morgan fingerprint density at radius 2 is 2.02 bits per heavy atom. The Balaban J connectivity index is 1.40. The molecule has 1 fully saturated rings. The van der Waals surface area contributed by atoms with E-state index in [1.807, 2.05) is 31.2 Å². The summed E-state index contributed by atoms with van der Waals surface area (Å²) in [5, 5.41) is 8.29. The average molecular weight is 682 g/mol. The molecule has 0 radical (unpaired) electrons. The van der Waals surface area contributed by atoms with Gasteiger partial charge in [0, 0.05) is 41.0 Å². The Hall–Kier alpha value is -3.71. The molecule has 6 N–H and O–H groups in total. The normalized spacial score (nSPS) is 17.6. The maximum absolute atomic E-state index is 15.2. The monoisotopic (exact) mass is 681 g/mol. The first-order valence-corrected chi connectivity index (χ1v) is 17.2. The summed E-state index contributed by atoms with van der Waals surface area (Å²) in [5.41, 5.74) is 14.7. The van der Waals surface area contributed by atoms with Gasteiger partial charge in [-0.25, -0.2) is 9.18 Å². The molecule has 2 aromatic carbocycles. The predicted molar refractivity (Wildman–Crippen MR) is 187 cm³/mol. The van der Waals surface area contributed by atoms with Gasteiger partial charge < -0.3 is 21.2 Å². The van der Waals surface area contributed by atoms with Crippen LogP contribution in [0.25, 0.3) is 28.0 Å². The minimum atomic E-state index is -0.538. The van der Waals surface area contributed by atoms with Crippen LogP contribution in [0.5, 0.6) is 0 Å². The molecule has 47 heavy (non-hydrogen) atoms. The first kappa shape index (κ1) is 34.6. The van der Waals surface area contributed by atoms with Gasteiger partial charge in [0.1, 0.15) is 5.65 Å². The minimum absolute atomic E-state index is 0.00928. The predicted octanol–water partition coefficient (Wildman–Crippen LogP) is 5.93. The Morgan fingerprint density at radius 3 is 2.72 bits per heavy atom. The van der Waals surface area contributed by atoms with Gasteiger partial charge in [-0.2, -0.15) is 4.98 Å². The summed E-state index contributed by atoms with van der Waals surface area (Å²) < 4.78 is 21.7. The number of esters is 1. The molecule has 4 aromatic rings. The maximum atomic E-state index is 15.2. The molecule has 10 nitrogen and oxygen atoms in total. The molecule has 3 heterocycles. The number of H-pyrrole nitrogens is 1. The number of fused-ring (bicyclic) bond motifs is 1. The summed E-state index contributed by atoms with van der Waals surface area (Å²) >= 11 is 7.57. The van der Waals surface area contributed by atoms with Crippen molar-refractivity contribution in [2.75, 3.05) is 19.4 Å². The number of carbonyl (C=O) groups excluding carboxylic acids is 1. The summed E-state index contributed by atoms with van der Waals surface area (Å²) in [6.45, 7) is 2.12. The number of likely N-dealkylation sites (tertiary alicyclic amines) is 1. The molecule has 0 bridgehead atoms. The number of nitrogens with zero attached hydrogens (tertiary/aromatic N) is 3. The van der Waals surface area contributed by atoms with Crippen LogP contribution in [-0.4, -0.2) is 62.1 Å². The van der Waals surface area contributed by atoms with Gasteiger partial charge >= 0.3 is 11.7 Å². The Labute approximate surface area is 282 Å². The van der Waals surface area contributed by atoms with E-state index in [1.165, 1.54) is 23.4 Å². The van der Waals surface area contributed by atoms with Crippen LogP contribution in [0.1, 0.15) is 62.6 Å². The molecule has 13 heteroatoms. The molecule has 0 aliphatic carbocycles. The number of aromatic nitrogens is 3. The fraction of sp³-hybridized carbons (Fsp3) is 0.412. The van der Waals surface area contributed by atoms with Gasteiger partial charge in [0.15, 0.2) is 11.0 Å². The minimum Gasteiger partial charge on any atom is -0.468 e. The van der Waals surface area contributed by atoms with Crippen molar-refractivity contribution in [3.05, 3.63) is 81.1 Å². The lowest BCUT2D eigenvalue weighted by molar-refractivity contribution is -0.144. The summed E-state index contributed by atoms with van der Waals surface area (Å²) in [6.07, 6.45) is 7.73. The molecule has 1 aliphatic heterocycles. The molecule has 0 unspecified atom stereocenters. The standard InChI is InChI=1S/C34H41ClFN7O3S/c1-20(37)5-3-6-21-15-26(31(36)27(35)16-21)28-17-23-18-43(34(45)41-32(23)40-28)25-11-9-22(10-12-25)29-8-4-7-24(13-14-47-33(38)39)42(29)19-30(44)46-2/h9-12,15-18,20,24,29H,3-8,13-14,19,37H2,1-2H3,(H3,38,39)(H,40,41,45)/t20-,24-,29-/m0/s1. The van der Waals surface area contributed by atoms with E-state index in [4.69, 9.17) is 33.2 Å². The van der Waals surface area contributed by atoms with Crippen LogP contribution in [0.15, 0.2) is 53.5 Å². The van der Waals surface area contributed by atoms with Gasteiger partial charge in [0.05, 0.1) is 30.1 Å². The number of hydrogen-bond donors (Lipinski definition) is 4. The van der Waals surface area contributed by atoms with Crippen molar-refractivity contribution in [1.29, 1.82) is 5.41 Å². The van der Waals surface area contributed by atoms with E-state index in [1.54, 1.807) is 24.4 Å². The number of aromatic amines is 1. The fourth-order valence-electron chi connectivity index (χ4n) is 6.35. The van der Waals surface area contributed by atoms with E-state index in [9.17, 15) is 9.59 Å². The highest BCUT2D eigenvalue weighted by Crippen LogP contribution is 2.36. The first-order valence-electron chi connectivity index (χ1n) is 15.8. The molecule has 3 atom stereocenters. The maximum Gasteiger partial charge on any atom is 0.354 e. The highest BCUT2D eigenvalue weighted by atomic mass is 35.5. The molecule has 250 valence electrons. The van der Waals surface area contributed by atoms with Crippen LogP contribution in [0.2, 0.25) is 5.02 Å². The molecule has 1 saturated heterocycles. The van der Waals surface area contributed by atoms with Crippen molar-refractivity contribution >= 4 is 45.5 Å². The summed E-state index contributed by atoms with van der Waals surface area (Å²) in [6, 6.07) is 13.1. The smallest absolute Gasteiger partial charge is 0.354 e. The van der Waals surface area contributed by atoms with Gasteiger partial charge in [0.2, 0.25) is 0 Å². The van der Waals surface area contributed by atoms with Gasteiger partial charge in [-0.05, 0) is 93.3 Å². The van der Waals surface area contributed by atoms with Crippen LogP contribution in [0.3, 0.4) is 0 Å². The van der Waals surface area contributed by atoms with Crippen molar-refractivity contribution in [3.8, 4) is 16.9 Å². The van der Waals surface area contributed by atoms with E-state index in [0.717, 1.165) is 49.7 Å². The number of aryl methyl sites for hydroxylation is 1. The number of halogens is 2. The summed E-state index contributed by atoms with van der Waals surface area (Å²) in [5.74, 6) is -0.143. The summed E-state index contributed by atoms with van der Waals surface area (Å²) in [4.78, 5) is 35.1. The van der Waals surface area contributed by atoms with E-state index in [2.05, 4.69) is 14.9 Å². The zero-order valence-corrected chi connectivity index (χ0v) is 28.2. The third-order valence-electron chi connectivity index (χ3n) is 8.70. The second kappa shape index (κ2) is 15.5. The Morgan fingerprint density at radius 1 is 1.26 bits per heavy atom. The SMILES string of the molecule is COC(=O)CN1[C@H](CCSC(=N)N)CCC[C@H]1c1ccc(-n2cc3cc(-c4cc(CCC[C@H](C)N)cc(Cl)c4F)[nH]c3nc2=O)cc1. The van der Waals surface area contributed by atoms with E-state index >= 15 is 4.39 Å². The zero-order valence-electron chi connectivity index (χ0n) is 26.6. The molecule has 1 aliphatic rings. The Bertz CT molecular complexity index is 1790. The highest BCUT2D eigenvalue weighted by Gasteiger charge is 2.33. The molecular weight excluding hydrogens is 641 g/mol. The van der Waals surface area contributed by atoms with Gasteiger partial charge in [0.25, 0.3) is 0 Å². The molecule has 0 spiro atoms. The van der Waals surface area contributed by atoms with Crippen molar-refractivity contribution < 1.29 is 13.9 Å². The Kier molecular flexibility index (Phi) is 11.4. The number of piperidine rings is 1. The fourth-order valence-corrected chi connectivity index (χ4v) is 7.21. The quantitative estimate of drug-likeness (QED) is 0.0815. The number of nitrogens with two attached hydrogens (primary N) is 2. The topological polar surface area (TPSA) is 156 Å². The van der Waals surface area contributed by atoms with Crippen LogP contribution in [0.4, 0.5) is 4.39 Å². The van der Waals surface area contributed by atoms with Crippen LogP contribution in [-0.2, 0) is 16.0 Å². The number of thioether (sulfide) groups is 1. The van der Waals surface area contributed by atoms with Gasteiger partial charge in [-0.3, -0.25) is 19.7 Å². The zero-order chi connectivity index (χ0) is 33.7. The van der Waals surface area contributed by atoms with Crippen molar-refractivity contribution in [1.82, 2.24) is 19.4 Å². The number of carbonyl (C=O) groups is 1. The van der Waals surface area contributed by atoms with Crippen LogP contribution < -0.4 is 17.2 Å². The number of methoxy groups -OCH3 is 1. The number of amidine groups is 1. The van der Waals surface area contributed by atoms with Crippen molar-refractivity contribution in [3.63, 3.8) is 0 Å². The molecule has 5 rings (SSSR count). The largest absolute Gasteiger partial charge is 0.468 e. The van der Waals surface area contributed by atoms with E-state index in [-0.39, 0.29) is 40.8 Å². The number of hydrogen-bond acceptors (Lipinski definition) is 8. The number of benzene rings is 2. The van der Waals surface area contributed by atoms with E-state index < -0.39 is 11.5 Å². The van der Waals surface area contributed by atoms with Crippen LogP contribution in [0, 0.1) is 11.2 Å². The third-order valence-corrected chi connectivity index (χ3v) is 9.73. The second-order valence-corrected chi connectivity index (χ2v) is 13.7. The average Bonchev–Trinajstić information content (AvgIpc) is 3.45. The van der Waals surface area contributed by atoms with Gasteiger partial charge in [-0.1, -0.05) is 35.5 Å². The lowest BCUT2D eigenvalue weighted by Gasteiger charge is -2.42. The van der Waals surface area contributed by atoms with E-state index in [0.29, 0.717) is 40.2 Å². The molecule has 0 amide bonds. The second-order valence-electron chi connectivity index (χ2n) is 12.1. The van der Waals surface area contributed by atoms with Gasteiger partial charge in [-0.15, -0.1) is 0 Å². The highest BCUT2D eigenvalue weighted by molar-refractivity contribution is 8.13. The van der Waals surface area contributed by atoms with Crippen molar-refractivity contribution in [2.45, 2.75) is 70.0 Å². The molecule has 0 saturated carbocycles. The summed E-state index contributed by atoms with van der Waals surface area (Å²) in [7, 11) is 1.39.